The van der Waals surface area contributed by atoms with E-state index in [-0.39, 0.29) is 58.2 Å². The van der Waals surface area contributed by atoms with E-state index < -0.39 is 7.32 Å². The van der Waals surface area contributed by atoms with E-state index in [9.17, 15) is 0 Å². The Balaban J connectivity index is 0. The predicted octanol–water partition coefficient (Wildman–Crippen LogP) is -2.43. The zero-order chi connectivity index (χ0) is 3.58. The molecule has 0 rings (SSSR count). The average Bonchev–Trinajstić information content (AvgIpc) is 0.811. The van der Waals surface area contributed by atoms with Crippen molar-refractivity contribution >= 4 is 65.5 Å². The maximum absolute atomic E-state index is 7.17. The Kier molecular flexibility index (Phi) is 11.4. The number of hydrogen-bond donors (Lipinski definition) is 3. The van der Waals surface area contributed by atoms with Crippen LogP contribution >= 0.6 is 0 Å². The van der Waals surface area contributed by atoms with Gasteiger partial charge in [-0.3, -0.25) is 0 Å². The van der Waals surface area contributed by atoms with Gasteiger partial charge in [0.1, 0.15) is 0 Å². The first-order chi connectivity index (χ1) is 1.73. The van der Waals surface area contributed by atoms with Gasteiger partial charge in [-0.1, -0.05) is 0 Å². The third-order valence-corrected chi connectivity index (χ3v) is 0. The fourth-order valence-corrected chi connectivity index (χ4v) is 0. The van der Waals surface area contributed by atoms with Crippen LogP contribution in [0.3, 0.4) is 0 Å². The van der Waals surface area contributed by atoms with Gasteiger partial charge >= 0.3 is 7.32 Å². The smallest absolute Gasteiger partial charge is 0.402 e. The fourth-order valence-electron chi connectivity index (χ4n) is 0. The van der Waals surface area contributed by atoms with Gasteiger partial charge in [0.15, 0.2) is 0 Å². The minimum atomic E-state index is -2.17. The zero-order valence-corrected chi connectivity index (χ0v) is 7.84. The average molecular weight is 147 g/mol. The van der Waals surface area contributed by atoms with E-state index in [2.05, 4.69) is 0 Å². The molecule has 3 N–H and O–H groups in total. The molecule has 0 spiro atoms. The Hall–Kier alpha value is 1.75. The number of rotatable bonds is 0. The van der Waals surface area contributed by atoms with Crippen molar-refractivity contribution in [2.45, 2.75) is 0 Å². The van der Waals surface area contributed by atoms with Gasteiger partial charge in [0, 0.05) is 58.2 Å². The molecule has 0 saturated heterocycles. The Morgan fingerprint density at radius 1 is 1.00 bits per heavy atom. The molecule has 25 valence electrons. The second-order valence-corrected chi connectivity index (χ2v) is 0.346. The van der Waals surface area contributed by atoms with Crippen LogP contribution in [0.25, 0.3) is 0 Å². The summed E-state index contributed by atoms with van der Waals surface area (Å²) >= 11 is 0. The van der Waals surface area contributed by atoms with Crippen molar-refractivity contribution in [2.75, 3.05) is 0 Å². The molecule has 0 saturated carbocycles. The van der Waals surface area contributed by atoms with Gasteiger partial charge in [-0.15, -0.1) is 0 Å². The second kappa shape index (κ2) is 5.75. The summed E-state index contributed by atoms with van der Waals surface area (Å²) < 4.78 is 0. The van der Waals surface area contributed by atoms with Crippen LogP contribution in [-0.2, 0) is 0 Å². The van der Waals surface area contributed by atoms with Crippen molar-refractivity contribution < 1.29 is 15.1 Å². The molecular weight excluding hydrogens is 144 g/mol. The van der Waals surface area contributed by atoms with Crippen LogP contribution in [0.5, 0.6) is 0 Å². The van der Waals surface area contributed by atoms with Gasteiger partial charge in [0.25, 0.3) is 0 Å². The van der Waals surface area contributed by atoms with Gasteiger partial charge in [-0.25, -0.2) is 0 Å². The molecule has 5 heteroatoms. The molecule has 1 radical (unpaired) electrons. The number of hydrogen-bond acceptors (Lipinski definition) is 3. The SMILES string of the molecule is OB(O)O.[Rb]. The summed E-state index contributed by atoms with van der Waals surface area (Å²) in [5.41, 5.74) is 0. The minimum Gasteiger partial charge on any atom is -0.402 e. The van der Waals surface area contributed by atoms with Crippen LogP contribution in [0, 0.1) is 0 Å². The van der Waals surface area contributed by atoms with Gasteiger partial charge in [0.2, 0.25) is 0 Å². The normalized spacial score (nSPS) is 5.40. The van der Waals surface area contributed by atoms with E-state index in [1.807, 2.05) is 0 Å². The van der Waals surface area contributed by atoms with Crippen molar-refractivity contribution in [1.29, 1.82) is 0 Å². The van der Waals surface area contributed by atoms with E-state index in [1.165, 1.54) is 0 Å². The molecule has 0 aromatic carbocycles. The van der Waals surface area contributed by atoms with E-state index >= 15 is 0 Å². The minimum absolute atomic E-state index is 0. The largest absolute Gasteiger partial charge is 0.631 e. The summed E-state index contributed by atoms with van der Waals surface area (Å²) in [5.74, 6) is 0. The monoisotopic (exact) mass is 147 g/mol. The second-order valence-electron chi connectivity index (χ2n) is 0.346. The molecule has 0 aliphatic rings. The first-order valence-electron chi connectivity index (χ1n) is 0.775. The maximum Gasteiger partial charge on any atom is 0.631 e. The van der Waals surface area contributed by atoms with Crippen molar-refractivity contribution in [3.8, 4) is 0 Å². The van der Waals surface area contributed by atoms with E-state index in [4.69, 9.17) is 15.1 Å². The molecule has 3 nitrogen and oxygen atoms in total. The molecule has 0 atom stereocenters. The molecular formula is H3BO3Rb. The molecule has 0 bridgehead atoms. The molecule has 0 aliphatic heterocycles. The molecule has 0 aliphatic carbocycles. The third-order valence-electron chi connectivity index (χ3n) is 0. The molecule has 0 amide bonds. The van der Waals surface area contributed by atoms with Crippen LogP contribution in [-0.4, -0.2) is 80.6 Å². The first kappa shape index (κ1) is 9.89. The van der Waals surface area contributed by atoms with Gasteiger partial charge < -0.3 is 15.1 Å². The maximum atomic E-state index is 7.17. The predicted molar refractivity (Wildman–Crippen MR) is 18.2 cm³/mol. The van der Waals surface area contributed by atoms with Crippen molar-refractivity contribution in [1.82, 2.24) is 0 Å². The first-order valence-corrected chi connectivity index (χ1v) is 0.775. The molecule has 0 heterocycles. The Morgan fingerprint density at radius 3 is 1.00 bits per heavy atom. The van der Waals surface area contributed by atoms with Crippen LogP contribution < -0.4 is 0 Å². The molecule has 0 aromatic rings. The topological polar surface area (TPSA) is 60.7 Å². The van der Waals surface area contributed by atoms with Crippen molar-refractivity contribution in [2.24, 2.45) is 0 Å². The summed E-state index contributed by atoms with van der Waals surface area (Å²) in [7, 11) is -2.17. The molecule has 0 fully saturated rings. The van der Waals surface area contributed by atoms with Crippen molar-refractivity contribution in [3.63, 3.8) is 0 Å². The summed E-state index contributed by atoms with van der Waals surface area (Å²) in [5, 5.41) is 21.5. The molecule has 0 unspecified atom stereocenters. The molecule has 0 aromatic heterocycles. The van der Waals surface area contributed by atoms with Gasteiger partial charge in [-0.05, 0) is 0 Å². The van der Waals surface area contributed by atoms with Crippen LogP contribution in [0.1, 0.15) is 0 Å². The third kappa shape index (κ3) is 26.4. The van der Waals surface area contributed by atoms with Gasteiger partial charge in [-0.2, -0.15) is 0 Å². The Morgan fingerprint density at radius 2 is 1.00 bits per heavy atom. The van der Waals surface area contributed by atoms with Crippen LogP contribution in [0.4, 0.5) is 0 Å². The fraction of sp³-hybridized carbons (Fsp3) is 0. The Bertz CT molecular complexity index is 11.6. The van der Waals surface area contributed by atoms with Gasteiger partial charge in [0.05, 0.1) is 0 Å². The van der Waals surface area contributed by atoms with E-state index in [0.29, 0.717) is 0 Å². The Labute approximate surface area is 79.0 Å². The van der Waals surface area contributed by atoms with Crippen LogP contribution in [0.15, 0.2) is 0 Å². The summed E-state index contributed by atoms with van der Waals surface area (Å²) in [6.45, 7) is 0. The van der Waals surface area contributed by atoms with E-state index in [0.717, 1.165) is 0 Å². The van der Waals surface area contributed by atoms with Crippen LogP contribution in [0.2, 0.25) is 0 Å². The molecule has 5 heavy (non-hydrogen) atoms. The summed E-state index contributed by atoms with van der Waals surface area (Å²) in [6.07, 6.45) is 0. The zero-order valence-electron chi connectivity index (χ0n) is 2.92. The van der Waals surface area contributed by atoms with Crippen molar-refractivity contribution in [3.05, 3.63) is 0 Å². The standard InChI is InChI=1S/BH3O3.Rb/c2-1(3)4;/h2-4H;. The summed E-state index contributed by atoms with van der Waals surface area (Å²) in [4.78, 5) is 0. The summed E-state index contributed by atoms with van der Waals surface area (Å²) in [6, 6.07) is 0. The quantitative estimate of drug-likeness (QED) is 0.334. The van der Waals surface area contributed by atoms with E-state index in [1.54, 1.807) is 0 Å².